The average Bonchev–Trinajstić information content (AvgIpc) is 2.62. The Morgan fingerprint density at radius 3 is 2.19 bits per heavy atom. The molecular weight excluding hydrogens is 358 g/mol. The van der Waals surface area contributed by atoms with Gasteiger partial charge in [0, 0.05) is 37.4 Å². The quantitative estimate of drug-likeness (QED) is 0.835. The summed E-state index contributed by atoms with van der Waals surface area (Å²) in [5.41, 5.74) is 3.66. The Morgan fingerprint density at radius 1 is 1.00 bits per heavy atom. The zero-order valence-electron chi connectivity index (χ0n) is 16.6. The van der Waals surface area contributed by atoms with Crippen LogP contribution in [0.5, 0.6) is 0 Å². The van der Waals surface area contributed by atoms with Crippen molar-refractivity contribution in [3.63, 3.8) is 0 Å². The van der Waals surface area contributed by atoms with E-state index in [2.05, 4.69) is 42.9 Å². The molecule has 1 N–H and O–H groups in total. The molecule has 2 aromatic rings. The van der Waals surface area contributed by atoms with Gasteiger partial charge in [-0.25, -0.2) is 0 Å². The fourth-order valence-corrected chi connectivity index (χ4v) is 3.51. The van der Waals surface area contributed by atoms with Crippen LogP contribution in [0.4, 0.5) is 11.4 Å². The number of likely N-dealkylation sites (N-methyl/N-ethyl adjacent to an activating group) is 1. The SMILES string of the molecule is CN1CCN(c2ccc(NC(=O)c3ccc(C(C)(C)C)cc3)cc2Cl)CC1. The average molecular weight is 386 g/mol. The van der Waals surface area contributed by atoms with Crippen molar-refractivity contribution in [3.05, 3.63) is 58.6 Å². The molecule has 0 radical (unpaired) electrons. The summed E-state index contributed by atoms with van der Waals surface area (Å²) in [6.07, 6.45) is 0. The highest BCUT2D eigenvalue weighted by molar-refractivity contribution is 6.33. The highest BCUT2D eigenvalue weighted by Gasteiger charge is 2.18. The van der Waals surface area contributed by atoms with E-state index in [1.54, 1.807) is 0 Å². The highest BCUT2D eigenvalue weighted by Crippen LogP contribution is 2.30. The third-order valence-corrected chi connectivity index (χ3v) is 5.37. The summed E-state index contributed by atoms with van der Waals surface area (Å²) in [5, 5.41) is 3.61. The van der Waals surface area contributed by atoms with Gasteiger partial charge in [0.15, 0.2) is 0 Å². The van der Waals surface area contributed by atoms with E-state index in [4.69, 9.17) is 11.6 Å². The van der Waals surface area contributed by atoms with Crippen molar-refractivity contribution in [2.75, 3.05) is 43.4 Å². The number of carbonyl (C=O) groups excluding carboxylic acids is 1. The predicted molar refractivity (Wildman–Crippen MR) is 114 cm³/mol. The van der Waals surface area contributed by atoms with Gasteiger partial charge in [-0.2, -0.15) is 0 Å². The molecule has 0 saturated carbocycles. The maximum Gasteiger partial charge on any atom is 0.255 e. The number of nitrogens with zero attached hydrogens (tertiary/aromatic N) is 2. The molecule has 1 heterocycles. The van der Waals surface area contributed by atoms with Crippen molar-refractivity contribution < 1.29 is 4.79 Å². The molecule has 27 heavy (non-hydrogen) atoms. The number of piperazine rings is 1. The standard InChI is InChI=1S/C22H28ClN3O/c1-22(2,3)17-7-5-16(6-8-17)21(27)24-18-9-10-20(19(23)15-18)26-13-11-25(4)12-14-26/h5-10,15H,11-14H2,1-4H3,(H,24,27). The number of nitrogens with one attached hydrogen (secondary N) is 1. The van der Waals surface area contributed by atoms with Gasteiger partial charge in [0.05, 0.1) is 10.7 Å². The normalized spacial score (nSPS) is 15.7. The fourth-order valence-electron chi connectivity index (χ4n) is 3.21. The van der Waals surface area contributed by atoms with Gasteiger partial charge < -0.3 is 15.1 Å². The van der Waals surface area contributed by atoms with Crippen molar-refractivity contribution in [3.8, 4) is 0 Å². The van der Waals surface area contributed by atoms with Crippen LogP contribution in [-0.2, 0) is 5.41 Å². The van der Waals surface area contributed by atoms with Crippen molar-refractivity contribution in [2.24, 2.45) is 0 Å². The largest absolute Gasteiger partial charge is 0.368 e. The predicted octanol–water partition coefficient (Wildman–Crippen LogP) is 4.64. The first-order valence-electron chi connectivity index (χ1n) is 9.39. The zero-order valence-corrected chi connectivity index (χ0v) is 17.3. The Hall–Kier alpha value is -2.04. The Morgan fingerprint density at radius 2 is 1.63 bits per heavy atom. The minimum absolute atomic E-state index is 0.0711. The summed E-state index contributed by atoms with van der Waals surface area (Å²) < 4.78 is 0. The lowest BCUT2D eigenvalue weighted by atomic mass is 9.87. The molecule has 0 aliphatic carbocycles. The number of rotatable bonds is 3. The summed E-state index contributed by atoms with van der Waals surface area (Å²) in [6, 6.07) is 13.5. The Bertz CT molecular complexity index is 803. The van der Waals surface area contributed by atoms with Crippen molar-refractivity contribution in [1.82, 2.24) is 4.90 Å². The summed E-state index contributed by atoms with van der Waals surface area (Å²) in [5.74, 6) is -0.126. The van der Waals surface area contributed by atoms with Crippen LogP contribution in [0.2, 0.25) is 5.02 Å². The van der Waals surface area contributed by atoms with Crippen molar-refractivity contribution in [2.45, 2.75) is 26.2 Å². The second-order valence-electron chi connectivity index (χ2n) is 8.24. The molecule has 0 aromatic heterocycles. The van der Waals surface area contributed by atoms with Crippen LogP contribution in [0, 0.1) is 0 Å². The van der Waals surface area contributed by atoms with Crippen LogP contribution in [0.3, 0.4) is 0 Å². The van der Waals surface area contributed by atoms with E-state index in [1.807, 2.05) is 42.5 Å². The molecular formula is C22H28ClN3O. The van der Waals surface area contributed by atoms with E-state index in [9.17, 15) is 4.79 Å². The molecule has 0 bridgehead atoms. The smallest absolute Gasteiger partial charge is 0.255 e. The minimum Gasteiger partial charge on any atom is -0.368 e. The van der Waals surface area contributed by atoms with E-state index in [1.165, 1.54) is 5.56 Å². The third-order valence-electron chi connectivity index (χ3n) is 5.06. The number of amides is 1. The molecule has 0 atom stereocenters. The summed E-state index contributed by atoms with van der Waals surface area (Å²) in [4.78, 5) is 17.1. The number of hydrogen-bond donors (Lipinski definition) is 1. The van der Waals surface area contributed by atoms with Crippen LogP contribution < -0.4 is 10.2 Å². The maximum atomic E-state index is 12.5. The Labute approximate surface area is 167 Å². The second kappa shape index (κ2) is 7.91. The van der Waals surface area contributed by atoms with Gasteiger partial charge in [-0.05, 0) is 48.4 Å². The van der Waals surface area contributed by atoms with Crippen molar-refractivity contribution >= 4 is 28.9 Å². The zero-order chi connectivity index (χ0) is 19.6. The molecule has 144 valence electrons. The van der Waals surface area contributed by atoms with Crippen LogP contribution in [0.15, 0.2) is 42.5 Å². The maximum absolute atomic E-state index is 12.5. The molecule has 1 fully saturated rings. The molecule has 2 aromatic carbocycles. The summed E-state index contributed by atoms with van der Waals surface area (Å²) in [6.45, 7) is 10.5. The number of benzene rings is 2. The van der Waals surface area contributed by atoms with Crippen molar-refractivity contribution in [1.29, 1.82) is 0 Å². The van der Waals surface area contributed by atoms with E-state index >= 15 is 0 Å². The monoisotopic (exact) mass is 385 g/mol. The number of carbonyl (C=O) groups is 1. The van der Waals surface area contributed by atoms with E-state index in [-0.39, 0.29) is 11.3 Å². The summed E-state index contributed by atoms with van der Waals surface area (Å²) in [7, 11) is 2.13. The lowest BCUT2D eigenvalue weighted by molar-refractivity contribution is 0.102. The minimum atomic E-state index is -0.126. The highest BCUT2D eigenvalue weighted by atomic mass is 35.5. The van der Waals surface area contributed by atoms with Gasteiger partial charge in [-0.3, -0.25) is 4.79 Å². The number of anilines is 2. The van der Waals surface area contributed by atoms with E-state index < -0.39 is 0 Å². The van der Waals surface area contributed by atoms with E-state index in [0.29, 0.717) is 16.3 Å². The molecule has 0 spiro atoms. The van der Waals surface area contributed by atoms with Gasteiger partial charge in [0.2, 0.25) is 0 Å². The van der Waals surface area contributed by atoms with Crippen LogP contribution in [-0.4, -0.2) is 44.0 Å². The molecule has 3 rings (SSSR count). The molecule has 1 saturated heterocycles. The van der Waals surface area contributed by atoms with Gasteiger partial charge in [-0.1, -0.05) is 44.5 Å². The molecule has 1 aliphatic heterocycles. The van der Waals surface area contributed by atoms with Gasteiger partial charge in [0.25, 0.3) is 5.91 Å². The lowest BCUT2D eigenvalue weighted by Crippen LogP contribution is -2.44. The first-order valence-corrected chi connectivity index (χ1v) is 9.77. The first-order chi connectivity index (χ1) is 12.7. The first kappa shape index (κ1) is 19.7. The molecule has 1 aliphatic rings. The lowest BCUT2D eigenvalue weighted by Gasteiger charge is -2.34. The van der Waals surface area contributed by atoms with Crippen LogP contribution in [0.25, 0.3) is 0 Å². The number of halogens is 1. The van der Waals surface area contributed by atoms with Gasteiger partial charge in [0.1, 0.15) is 0 Å². The van der Waals surface area contributed by atoms with Crippen LogP contribution >= 0.6 is 11.6 Å². The Balaban J connectivity index is 1.68. The van der Waals surface area contributed by atoms with E-state index in [0.717, 1.165) is 31.9 Å². The van der Waals surface area contributed by atoms with Gasteiger partial charge >= 0.3 is 0 Å². The fraction of sp³-hybridized carbons (Fsp3) is 0.409. The van der Waals surface area contributed by atoms with Gasteiger partial charge in [-0.15, -0.1) is 0 Å². The van der Waals surface area contributed by atoms with Crippen LogP contribution in [0.1, 0.15) is 36.7 Å². The molecule has 1 amide bonds. The molecule has 0 unspecified atom stereocenters. The second-order valence-corrected chi connectivity index (χ2v) is 8.65. The Kier molecular flexibility index (Phi) is 5.78. The number of hydrogen-bond acceptors (Lipinski definition) is 3. The molecule has 5 heteroatoms. The molecule has 4 nitrogen and oxygen atoms in total. The topological polar surface area (TPSA) is 35.6 Å². The summed E-state index contributed by atoms with van der Waals surface area (Å²) >= 11 is 6.49. The third kappa shape index (κ3) is 4.82.